The number of carbonyl (C=O) groups is 1. The van der Waals surface area contributed by atoms with E-state index >= 15 is 0 Å². The Balaban J connectivity index is 2.08. The molecule has 1 unspecified atom stereocenters. The van der Waals surface area contributed by atoms with Crippen molar-refractivity contribution in [2.24, 2.45) is 5.73 Å². The van der Waals surface area contributed by atoms with Crippen LogP contribution in [0.2, 0.25) is 5.02 Å². The molecule has 1 aliphatic rings. The standard InChI is InChI=1S/C16H23ClN2O2/c1-11(18)14-10-13(17)6-7-15(14)21-12(2)16(20)19-8-4-3-5-9-19/h6-7,10-12H,3-5,8-9,18H2,1-2H3/t11-,12?/m1/s1. The van der Waals surface area contributed by atoms with Crippen molar-refractivity contribution in [1.29, 1.82) is 0 Å². The summed E-state index contributed by atoms with van der Waals surface area (Å²) in [5.74, 6) is 0.674. The maximum absolute atomic E-state index is 12.4. The van der Waals surface area contributed by atoms with Gasteiger partial charge < -0.3 is 15.4 Å². The third-order valence-electron chi connectivity index (χ3n) is 3.78. The Hall–Kier alpha value is -1.26. The molecule has 0 aliphatic carbocycles. The van der Waals surface area contributed by atoms with Crippen LogP contribution in [0, 0.1) is 0 Å². The Morgan fingerprint density at radius 1 is 1.29 bits per heavy atom. The average molecular weight is 311 g/mol. The Morgan fingerprint density at radius 3 is 2.57 bits per heavy atom. The Bertz CT molecular complexity index is 499. The molecule has 116 valence electrons. The number of nitrogens with two attached hydrogens (primary N) is 1. The van der Waals surface area contributed by atoms with E-state index in [4.69, 9.17) is 22.1 Å². The van der Waals surface area contributed by atoms with E-state index in [0.717, 1.165) is 31.5 Å². The number of halogens is 1. The fourth-order valence-corrected chi connectivity index (χ4v) is 2.78. The second kappa shape index (κ2) is 7.14. The molecule has 1 aromatic rings. The number of amides is 1. The van der Waals surface area contributed by atoms with Gasteiger partial charge >= 0.3 is 0 Å². The van der Waals surface area contributed by atoms with Crippen LogP contribution in [0.1, 0.15) is 44.7 Å². The summed E-state index contributed by atoms with van der Waals surface area (Å²) in [5.41, 5.74) is 6.76. The van der Waals surface area contributed by atoms with Crippen molar-refractivity contribution in [1.82, 2.24) is 4.90 Å². The maximum Gasteiger partial charge on any atom is 0.263 e. The molecule has 21 heavy (non-hydrogen) atoms. The number of hydrogen-bond acceptors (Lipinski definition) is 3. The van der Waals surface area contributed by atoms with Crippen LogP contribution in [0.4, 0.5) is 0 Å². The quantitative estimate of drug-likeness (QED) is 0.929. The molecule has 1 amide bonds. The van der Waals surface area contributed by atoms with E-state index in [9.17, 15) is 4.79 Å². The minimum atomic E-state index is -0.512. The van der Waals surface area contributed by atoms with Gasteiger partial charge in [-0.1, -0.05) is 11.6 Å². The first-order chi connectivity index (χ1) is 9.99. The molecule has 1 aliphatic heterocycles. The van der Waals surface area contributed by atoms with Crippen LogP contribution in [0.5, 0.6) is 5.75 Å². The first-order valence-corrected chi connectivity index (χ1v) is 7.87. The van der Waals surface area contributed by atoms with Crippen molar-refractivity contribution in [3.05, 3.63) is 28.8 Å². The lowest BCUT2D eigenvalue weighted by Gasteiger charge is -2.29. The molecule has 2 N–H and O–H groups in total. The predicted octanol–water partition coefficient (Wildman–Crippen LogP) is 3.14. The van der Waals surface area contributed by atoms with Crippen molar-refractivity contribution >= 4 is 17.5 Å². The zero-order valence-electron chi connectivity index (χ0n) is 12.6. The summed E-state index contributed by atoms with van der Waals surface area (Å²) in [6.45, 7) is 5.31. The lowest BCUT2D eigenvalue weighted by atomic mass is 10.1. The van der Waals surface area contributed by atoms with Crippen molar-refractivity contribution in [2.45, 2.75) is 45.3 Å². The van der Waals surface area contributed by atoms with E-state index in [1.54, 1.807) is 25.1 Å². The van der Waals surface area contributed by atoms with E-state index in [0.29, 0.717) is 10.8 Å². The number of benzene rings is 1. The third-order valence-corrected chi connectivity index (χ3v) is 4.02. The molecule has 0 saturated carbocycles. The maximum atomic E-state index is 12.4. The summed E-state index contributed by atoms with van der Waals surface area (Å²) in [4.78, 5) is 14.3. The van der Waals surface area contributed by atoms with Crippen LogP contribution in [0.25, 0.3) is 0 Å². The molecule has 1 heterocycles. The van der Waals surface area contributed by atoms with Crippen molar-refractivity contribution in [3.63, 3.8) is 0 Å². The highest BCUT2D eigenvalue weighted by Gasteiger charge is 2.24. The summed E-state index contributed by atoms with van der Waals surface area (Å²) in [6, 6.07) is 5.12. The van der Waals surface area contributed by atoms with Crippen molar-refractivity contribution in [2.75, 3.05) is 13.1 Å². The summed E-state index contributed by atoms with van der Waals surface area (Å²) in [5, 5.41) is 0.615. The van der Waals surface area contributed by atoms with E-state index < -0.39 is 6.10 Å². The fourth-order valence-electron chi connectivity index (χ4n) is 2.59. The number of rotatable bonds is 4. The Labute approximate surface area is 131 Å². The van der Waals surface area contributed by atoms with E-state index in [2.05, 4.69) is 0 Å². The second-order valence-electron chi connectivity index (χ2n) is 5.62. The van der Waals surface area contributed by atoms with Gasteiger partial charge in [-0.05, 0) is 51.3 Å². The lowest BCUT2D eigenvalue weighted by Crippen LogP contribution is -2.43. The molecule has 1 saturated heterocycles. The molecule has 0 radical (unpaired) electrons. The number of carbonyl (C=O) groups excluding carboxylic acids is 1. The molecular formula is C16H23ClN2O2. The van der Waals surface area contributed by atoms with Gasteiger partial charge in [-0.2, -0.15) is 0 Å². The largest absolute Gasteiger partial charge is 0.481 e. The molecule has 0 aromatic heterocycles. The number of hydrogen-bond donors (Lipinski definition) is 1. The van der Waals surface area contributed by atoms with Gasteiger partial charge in [0.1, 0.15) is 5.75 Å². The fraction of sp³-hybridized carbons (Fsp3) is 0.562. The molecule has 5 heteroatoms. The first kappa shape index (κ1) is 16.1. The minimum absolute atomic E-state index is 0.0419. The van der Waals surface area contributed by atoms with Crippen LogP contribution < -0.4 is 10.5 Å². The minimum Gasteiger partial charge on any atom is -0.481 e. The summed E-state index contributed by atoms with van der Waals surface area (Å²) in [7, 11) is 0. The monoisotopic (exact) mass is 310 g/mol. The Morgan fingerprint density at radius 2 is 1.95 bits per heavy atom. The zero-order valence-corrected chi connectivity index (χ0v) is 13.4. The van der Waals surface area contributed by atoms with E-state index in [-0.39, 0.29) is 11.9 Å². The molecule has 1 aromatic carbocycles. The third kappa shape index (κ3) is 4.11. The normalized spacial score (nSPS) is 18.2. The van der Waals surface area contributed by atoms with Gasteiger partial charge in [0.25, 0.3) is 5.91 Å². The average Bonchev–Trinajstić information content (AvgIpc) is 2.49. The highest BCUT2D eigenvalue weighted by molar-refractivity contribution is 6.30. The van der Waals surface area contributed by atoms with Crippen LogP contribution >= 0.6 is 11.6 Å². The molecule has 1 fully saturated rings. The molecule has 2 atom stereocenters. The Kier molecular flexibility index (Phi) is 5.48. The smallest absolute Gasteiger partial charge is 0.263 e. The highest BCUT2D eigenvalue weighted by atomic mass is 35.5. The lowest BCUT2D eigenvalue weighted by molar-refractivity contribution is -0.138. The van der Waals surface area contributed by atoms with Gasteiger partial charge in [-0.25, -0.2) is 0 Å². The summed E-state index contributed by atoms with van der Waals surface area (Å²) < 4.78 is 5.85. The van der Waals surface area contributed by atoms with Gasteiger partial charge in [-0.3, -0.25) is 4.79 Å². The van der Waals surface area contributed by atoms with E-state index in [1.807, 2.05) is 11.8 Å². The summed E-state index contributed by atoms with van der Waals surface area (Å²) >= 11 is 6.00. The topological polar surface area (TPSA) is 55.6 Å². The molecule has 2 rings (SSSR count). The summed E-state index contributed by atoms with van der Waals surface area (Å²) in [6.07, 6.45) is 2.83. The van der Waals surface area contributed by atoms with Crippen LogP contribution in [0.15, 0.2) is 18.2 Å². The molecule has 4 nitrogen and oxygen atoms in total. The molecule has 0 bridgehead atoms. The van der Waals surface area contributed by atoms with Crippen molar-refractivity contribution in [3.8, 4) is 5.75 Å². The molecular weight excluding hydrogens is 288 g/mol. The molecule has 0 spiro atoms. The van der Waals surface area contributed by atoms with Crippen LogP contribution in [-0.4, -0.2) is 30.0 Å². The number of likely N-dealkylation sites (tertiary alicyclic amines) is 1. The van der Waals surface area contributed by atoms with Gasteiger partial charge in [-0.15, -0.1) is 0 Å². The van der Waals surface area contributed by atoms with Gasteiger partial charge in [0.2, 0.25) is 0 Å². The van der Waals surface area contributed by atoms with Crippen molar-refractivity contribution < 1.29 is 9.53 Å². The zero-order chi connectivity index (χ0) is 15.4. The second-order valence-corrected chi connectivity index (χ2v) is 6.05. The highest BCUT2D eigenvalue weighted by Crippen LogP contribution is 2.28. The first-order valence-electron chi connectivity index (χ1n) is 7.49. The van der Waals surface area contributed by atoms with Crippen LogP contribution in [-0.2, 0) is 4.79 Å². The van der Waals surface area contributed by atoms with Gasteiger partial charge in [0.15, 0.2) is 6.10 Å². The number of piperidine rings is 1. The predicted molar refractivity (Wildman–Crippen MR) is 84.6 cm³/mol. The number of ether oxygens (including phenoxy) is 1. The van der Waals surface area contributed by atoms with Gasteiger partial charge in [0.05, 0.1) is 0 Å². The van der Waals surface area contributed by atoms with Crippen LogP contribution in [0.3, 0.4) is 0 Å². The van der Waals surface area contributed by atoms with E-state index in [1.165, 1.54) is 6.42 Å². The SMILES string of the molecule is CC(Oc1ccc(Cl)cc1[C@@H](C)N)C(=O)N1CCCCC1. The number of nitrogens with zero attached hydrogens (tertiary/aromatic N) is 1. The van der Waals surface area contributed by atoms with Gasteiger partial charge in [0, 0.05) is 29.7 Å².